The highest BCUT2D eigenvalue weighted by Gasteiger charge is 2.54. The zero-order valence-corrected chi connectivity index (χ0v) is 13.2. The molecular formula is C15H18BNO4S. The molecule has 0 radical (unpaired) electrons. The van der Waals surface area contributed by atoms with Crippen LogP contribution in [0.4, 0.5) is 0 Å². The average Bonchev–Trinajstić information content (AvgIpc) is 3.17. The van der Waals surface area contributed by atoms with Gasteiger partial charge in [0.1, 0.15) is 11.3 Å². The van der Waals surface area contributed by atoms with Crippen LogP contribution >= 0.6 is 11.8 Å². The molecular weight excluding hydrogens is 301 g/mol. The first-order chi connectivity index (χ1) is 10.5. The number of thioether (sulfide) groups is 1. The fraction of sp³-hybridized carbons (Fsp3) is 0.533. The van der Waals surface area contributed by atoms with Gasteiger partial charge in [0.15, 0.2) is 0 Å². The van der Waals surface area contributed by atoms with Crippen LogP contribution in [0, 0.1) is 0 Å². The van der Waals surface area contributed by atoms with Crippen molar-refractivity contribution in [1.82, 2.24) is 4.90 Å². The van der Waals surface area contributed by atoms with Crippen molar-refractivity contribution < 1.29 is 19.6 Å². The number of benzene rings is 1. The van der Waals surface area contributed by atoms with E-state index in [0.29, 0.717) is 11.0 Å². The van der Waals surface area contributed by atoms with E-state index in [1.165, 1.54) is 0 Å². The van der Waals surface area contributed by atoms with E-state index in [4.69, 9.17) is 4.65 Å². The van der Waals surface area contributed by atoms with E-state index in [1.807, 2.05) is 12.1 Å². The van der Waals surface area contributed by atoms with Gasteiger partial charge in [-0.15, -0.1) is 11.8 Å². The summed E-state index contributed by atoms with van der Waals surface area (Å²) in [5.41, 5.74) is 1.17. The molecule has 3 atom stereocenters. The maximum atomic E-state index is 11.8. The van der Waals surface area contributed by atoms with Crippen molar-refractivity contribution in [3.8, 4) is 5.75 Å². The summed E-state index contributed by atoms with van der Waals surface area (Å²) >= 11 is 1.61. The smallest absolute Gasteiger partial charge is 0.526 e. The summed E-state index contributed by atoms with van der Waals surface area (Å²) in [6, 6.07) is 3.90. The number of hydrogen-bond donors (Lipinski definition) is 2. The molecule has 0 aromatic heterocycles. The first-order valence-electron chi connectivity index (χ1n) is 7.64. The number of hydrogen-bond acceptors (Lipinski definition) is 5. The zero-order chi connectivity index (χ0) is 15.4. The summed E-state index contributed by atoms with van der Waals surface area (Å²) in [5.74, 6) is -0.197. The second-order valence-corrected chi connectivity index (χ2v) is 7.81. The Morgan fingerprint density at radius 2 is 2.32 bits per heavy atom. The minimum absolute atomic E-state index is 0.135. The van der Waals surface area contributed by atoms with Crippen LogP contribution in [0.3, 0.4) is 0 Å². The van der Waals surface area contributed by atoms with Gasteiger partial charge < -0.3 is 19.7 Å². The van der Waals surface area contributed by atoms with Gasteiger partial charge in [-0.1, -0.05) is 6.07 Å². The number of likely N-dealkylation sites (tertiary alicyclic amines) is 1. The van der Waals surface area contributed by atoms with Gasteiger partial charge in [0.25, 0.3) is 0 Å². The first kappa shape index (κ1) is 14.4. The Morgan fingerprint density at radius 1 is 1.50 bits per heavy atom. The molecule has 1 aliphatic carbocycles. The van der Waals surface area contributed by atoms with E-state index in [2.05, 4.69) is 11.9 Å². The Morgan fingerprint density at radius 3 is 3.00 bits per heavy atom. The molecule has 1 aromatic carbocycles. The molecule has 0 spiro atoms. The maximum absolute atomic E-state index is 11.8. The van der Waals surface area contributed by atoms with Crippen LogP contribution in [0.25, 0.3) is 0 Å². The molecule has 2 fully saturated rings. The molecule has 7 heteroatoms. The monoisotopic (exact) mass is 319 g/mol. The Kier molecular flexibility index (Phi) is 3.40. The van der Waals surface area contributed by atoms with E-state index in [1.54, 1.807) is 11.8 Å². The van der Waals surface area contributed by atoms with Crippen molar-refractivity contribution in [3.05, 3.63) is 23.3 Å². The SMILES string of the molecule is CN1CCC(Sc2ccc3c(c2C(=O)O)OB(O)C2CC32)C1. The molecule has 0 bridgehead atoms. The van der Waals surface area contributed by atoms with Gasteiger partial charge >= 0.3 is 13.1 Å². The summed E-state index contributed by atoms with van der Waals surface area (Å²) in [4.78, 5) is 14.8. The van der Waals surface area contributed by atoms with Crippen LogP contribution in [0.1, 0.15) is 34.7 Å². The van der Waals surface area contributed by atoms with E-state index in [9.17, 15) is 14.9 Å². The molecule has 3 unspecified atom stereocenters. The lowest BCUT2D eigenvalue weighted by molar-refractivity contribution is 0.0690. The molecule has 22 heavy (non-hydrogen) atoms. The van der Waals surface area contributed by atoms with Crippen LogP contribution in [0.15, 0.2) is 17.0 Å². The van der Waals surface area contributed by atoms with Gasteiger partial charge in [0, 0.05) is 22.5 Å². The second kappa shape index (κ2) is 5.18. The highest BCUT2D eigenvalue weighted by molar-refractivity contribution is 8.00. The molecule has 1 saturated carbocycles. The third-order valence-electron chi connectivity index (χ3n) is 4.85. The lowest BCUT2D eigenvalue weighted by Gasteiger charge is -2.23. The number of carbonyl (C=O) groups is 1. The van der Waals surface area contributed by atoms with E-state index in [-0.39, 0.29) is 17.3 Å². The predicted molar refractivity (Wildman–Crippen MR) is 84.9 cm³/mol. The summed E-state index contributed by atoms with van der Waals surface area (Å²) in [6.07, 6.45) is 1.94. The van der Waals surface area contributed by atoms with Crippen LogP contribution in [0.2, 0.25) is 5.82 Å². The van der Waals surface area contributed by atoms with Crippen molar-refractivity contribution >= 4 is 24.8 Å². The average molecular weight is 319 g/mol. The van der Waals surface area contributed by atoms with E-state index in [0.717, 1.165) is 36.4 Å². The zero-order valence-electron chi connectivity index (χ0n) is 12.4. The highest BCUT2D eigenvalue weighted by Crippen LogP contribution is 2.60. The van der Waals surface area contributed by atoms with Crippen LogP contribution in [-0.4, -0.2) is 53.5 Å². The van der Waals surface area contributed by atoms with Crippen molar-refractivity contribution in [2.45, 2.75) is 34.7 Å². The lowest BCUT2D eigenvalue weighted by Crippen LogP contribution is -2.27. The number of carboxylic acid groups (broad SMARTS) is 1. The molecule has 3 aliphatic rings. The Hall–Kier alpha value is -1.18. The van der Waals surface area contributed by atoms with E-state index >= 15 is 0 Å². The third-order valence-corrected chi connectivity index (χ3v) is 6.16. The molecule has 116 valence electrons. The highest BCUT2D eigenvalue weighted by atomic mass is 32.2. The first-order valence-corrected chi connectivity index (χ1v) is 8.52. The summed E-state index contributed by atoms with van der Waals surface area (Å²) in [7, 11) is 1.21. The van der Waals surface area contributed by atoms with Crippen LogP contribution in [0.5, 0.6) is 5.75 Å². The largest absolute Gasteiger partial charge is 0.535 e. The fourth-order valence-corrected chi connectivity index (χ4v) is 4.92. The molecule has 2 aliphatic heterocycles. The predicted octanol–water partition coefficient (Wildman–Crippen LogP) is 1.91. The van der Waals surface area contributed by atoms with Gasteiger partial charge in [-0.05, 0) is 44.0 Å². The molecule has 2 N–H and O–H groups in total. The van der Waals surface area contributed by atoms with Gasteiger partial charge in [-0.25, -0.2) is 4.79 Å². The molecule has 5 nitrogen and oxygen atoms in total. The number of nitrogens with zero attached hydrogens (tertiary/aromatic N) is 1. The van der Waals surface area contributed by atoms with Crippen molar-refractivity contribution in [2.24, 2.45) is 0 Å². The molecule has 4 rings (SSSR count). The maximum Gasteiger partial charge on any atom is 0.526 e. The minimum Gasteiger partial charge on any atom is -0.535 e. The van der Waals surface area contributed by atoms with Gasteiger partial charge in [0.05, 0.1) is 0 Å². The van der Waals surface area contributed by atoms with Gasteiger partial charge in [-0.2, -0.15) is 0 Å². The number of rotatable bonds is 3. The Bertz CT molecular complexity index is 640. The fourth-order valence-electron chi connectivity index (χ4n) is 3.57. The third kappa shape index (κ3) is 2.32. The van der Waals surface area contributed by atoms with E-state index < -0.39 is 13.1 Å². The molecule has 2 heterocycles. The van der Waals surface area contributed by atoms with Crippen LogP contribution < -0.4 is 4.65 Å². The lowest BCUT2D eigenvalue weighted by atomic mass is 9.77. The van der Waals surface area contributed by atoms with Crippen molar-refractivity contribution in [1.29, 1.82) is 0 Å². The standard InChI is InChI=1S/C15H18BNO4S/c1-17-5-4-8(7-17)22-12-3-2-9-10-6-11(10)16(20)21-14(9)13(12)15(18)19/h2-3,8,10-11,20H,4-7H2,1H3,(H,18,19). The van der Waals surface area contributed by atoms with Gasteiger partial charge in [-0.3, -0.25) is 0 Å². The second-order valence-electron chi connectivity index (χ2n) is 6.47. The molecule has 1 saturated heterocycles. The summed E-state index contributed by atoms with van der Waals surface area (Å²) in [5, 5.41) is 20.0. The number of fused-ring (bicyclic) bond motifs is 3. The van der Waals surface area contributed by atoms with Crippen molar-refractivity contribution in [3.63, 3.8) is 0 Å². The Labute approximate surface area is 133 Å². The summed E-state index contributed by atoms with van der Waals surface area (Å²) in [6.45, 7) is 2.01. The number of aromatic carboxylic acids is 1. The van der Waals surface area contributed by atoms with Crippen molar-refractivity contribution in [2.75, 3.05) is 20.1 Å². The Balaban J connectivity index is 1.70. The van der Waals surface area contributed by atoms with Gasteiger partial charge in [0.2, 0.25) is 0 Å². The normalized spacial score (nSPS) is 29.7. The summed E-state index contributed by atoms with van der Waals surface area (Å²) < 4.78 is 5.56. The minimum atomic E-state index is -0.975. The topological polar surface area (TPSA) is 70.0 Å². The molecule has 0 amide bonds. The number of carboxylic acids is 1. The molecule has 1 aromatic rings. The quantitative estimate of drug-likeness (QED) is 0.830. The van der Waals surface area contributed by atoms with Crippen LogP contribution in [-0.2, 0) is 0 Å².